The number of halogens is 1. The second kappa shape index (κ2) is 7.33. The highest BCUT2D eigenvalue weighted by Crippen LogP contribution is 2.22. The average Bonchev–Trinajstić information content (AvgIpc) is 2.33. The minimum atomic E-state index is 0.186. The second-order valence-electron chi connectivity index (χ2n) is 4.11. The Bertz CT molecular complexity index is 347. The summed E-state index contributed by atoms with van der Waals surface area (Å²) in [5, 5.41) is 0.407. The Morgan fingerprint density at radius 1 is 1.47 bits per heavy atom. The van der Waals surface area contributed by atoms with Crippen molar-refractivity contribution in [1.82, 2.24) is 9.97 Å². The quantitative estimate of drug-likeness (QED) is 0.814. The molecular formula is C12H20ClN3O. The van der Waals surface area contributed by atoms with E-state index in [1.807, 2.05) is 0 Å². The van der Waals surface area contributed by atoms with E-state index >= 15 is 0 Å². The Morgan fingerprint density at radius 2 is 2.24 bits per heavy atom. The molecule has 1 rings (SSSR count). The fraction of sp³-hybridized carbons (Fsp3) is 0.667. The van der Waals surface area contributed by atoms with Crippen LogP contribution in [0, 0.1) is 5.92 Å². The van der Waals surface area contributed by atoms with Crippen molar-refractivity contribution >= 4 is 17.5 Å². The molecule has 0 spiro atoms. The Morgan fingerprint density at radius 3 is 2.88 bits per heavy atom. The average molecular weight is 258 g/mol. The second-order valence-corrected chi connectivity index (χ2v) is 4.52. The number of unbranched alkanes of at least 4 members (excludes halogenated alkanes) is 1. The van der Waals surface area contributed by atoms with Crippen LogP contribution in [0.4, 0.5) is 5.95 Å². The van der Waals surface area contributed by atoms with E-state index in [0.717, 1.165) is 6.42 Å². The standard InChI is InChI=1S/C12H20ClN3O/c1-3-5-6-9(4-2)8-17-11-10(13)7-15-12(14)16-11/h7,9H,3-6,8H2,1-2H3,(H2,14,15,16). The van der Waals surface area contributed by atoms with Gasteiger partial charge < -0.3 is 10.5 Å². The highest BCUT2D eigenvalue weighted by molar-refractivity contribution is 6.31. The maximum Gasteiger partial charge on any atom is 0.237 e. The number of nitrogens with zero attached hydrogens (tertiary/aromatic N) is 2. The minimum Gasteiger partial charge on any atom is -0.476 e. The number of hydrogen-bond donors (Lipinski definition) is 1. The third-order valence-corrected chi connectivity index (χ3v) is 2.99. The van der Waals surface area contributed by atoms with Crippen LogP contribution in [0.5, 0.6) is 5.88 Å². The fourth-order valence-electron chi connectivity index (χ4n) is 1.56. The van der Waals surface area contributed by atoms with E-state index in [1.165, 1.54) is 25.5 Å². The molecule has 4 nitrogen and oxygen atoms in total. The first-order valence-electron chi connectivity index (χ1n) is 6.08. The summed E-state index contributed by atoms with van der Waals surface area (Å²) in [5.74, 6) is 1.11. The van der Waals surface area contributed by atoms with Crippen molar-refractivity contribution in [2.75, 3.05) is 12.3 Å². The molecule has 1 unspecified atom stereocenters. The lowest BCUT2D eigenvalue weighted by molar-refractivity contribution is 0.226. The van der Waals surface area contributed by atoms with Gasteiger partial charge in [0.2, 0.25) is 11.8 Å². The molecule has 0 aliphatic rings. The van der Waals surface area contributed by atoms with Crippen molar-refractivity contribution in [2.24, 2.45) is 5.92 Å². The molecule has 0 aromatic carbocycles. The minimum absolute atomic E-state index is 0.186. The predicted octanol–water partition coefficient (Wildman–Crippen LogP) is 3.31. The normalized spacial score (nSPS) is 12.4. The van der Waals surface area contributed by atoms with Gasteiger partial charge in [0.25, 0.3) is 0 Å². The van der Waals surface area contributed by atoms with Crippen molar-refractivity contribution in [2.45, 2.75) is 39.5 Å². The summed E-state index contributed by atoms with van der Waals surface area (Å²) in [5.41, 5.74) is 5.49. The van der Waals surface area contributed by atoms with Crippen LogP contribution in [-0.4, -0.2) is 16.6 Å². The Hall–Kier alpha value is -1.03. The van der Waals surface area contributed by atoms with E-state index < -0.39 is 0 Å². The lowest BCUT2D eigenvalue weighted by atomic mass is 10.0. The van der Waals surface area contributed by atoms with E-state index in [0.29, 0.717) is 23.4 Å². The number of aromatic nitrogens is 2. The molecule has 96 valence electrons. The molecule has 0 radical (unpaired) electrons. The number of hydrogen-bond acceptors (Lipinski definition) is 4. The van der Waals surface area contributed by atoms with Gasteiger partial charge in [0, 0.05) is 0 Å². The molecule has 1 aromatic rings. The molecule has 1 atom stereocenters. The summed E-state index contributed by atoms with van der Waals surface area (Å²) in [7, 11) is 0. The third kappa shape index (κ3) is 4.77. The molecule has 0 amide bonds. The van der Waals surface area contributed by atoms with E-state index in [-0.39, 0.29) is 5.95 Å². The number of nitrogens with two attached hydrogens (primary N) is 1. The van der Waals surface area contributed by atoms with Crippen molar-refractivity contribution in [3.05, 3.63) is 11.2 Å². The molecule has 5 heteroatoms. The molecule has 0 bridgehead atoms. The first-order valence-corrected chi connectivity index (χ1v) is 6.46. The smallest absolute Gasteiger partial charge is 0.237 e. The highest BCUT2D eigenvalue weighted by Gasteiger charge is 2.10. The zero-order valence-corrected chi connectivity index (χ0v) is 11.2. The molecule has 2 N–H and O–H groups in total. The molecule has 1 heterocycles. The number of ether oxygens (including phenoxy) is 1. The number of anilines is 1. The topological polar surface area (TPSA) is 61.0 Å². The first kappa shape index (κ1) is 14.0. The number of nitrogen functional groups attached to an aromatic ring is 1. The highest BCUT2D eigenvalue weighted by atomic mass is 35.5. The van der Waals surface area contributed by atoms with E-state index in [4.69, 9.17) is 22.1 Å². The summed E-state index contributed by atoms with van der Waals surface area (Å²) in [4.78, 5) is 7.76. The molecule has 0 fully saturated rings. The molecule has 0 saturated heterocycles. The Balaban J connectivity index is 2.50. The van der Waals surface area contributed by atoms with Crippen LogP contribution in [0.3, 0.4) is 0 Å². The van der Waals surface area contributed by atoms with E-state index in [2.05, 4.69) is 23.8 Å². The Kier molecular flexibility index (Phi) is 6.05. The molecule has 1 aromatic heterocycles. The van der Waals surface area contributed by atoms with E-state index in [9.17, 15) is 0 Å². The van der Waals surface area contributed by atoms with Crippen LogP contribution in [0.25, 0.3) is 0 Å². The lowest BCUT2D eigenvalue weighted by Crippen LogP contribution is -2.12. The van der Waals surface area contributed by atoms with Crippen molar-refractivity contribution in [3.8, 4) is 5.88 Å². The zero-order valence-electron chi connectivity index (χ0n) is 10.4. The summed E-state index contributed by atoms with van der Waals surface area (Å²) in [6, 6.07) is 0. The van der Waals surface area contributed by atoms with Crippen LogP contribution in [0.15, 0.2) is 6.20 Å². The van der Waals surface area contributed by atoms with E-state index in [1.54, 1.807) is 0 Å². The van der Waals surface area contributed by atoms with Crippen LogP contribution < -0.4 is 10.5 Å². The van der Waals surface area contributed by atoms with Crippen molar-refractivity contribution in [3.63, 3.8) is 0 Å². The first-order chi connectivity index (χ1) is 8.17. The van der Waals surface area contributed by atoms with Gasteiger partial charge >= 0.3 is 0 Å². The Labute approximate surface area is 108 Å². The summed E-state index contributed by atoms with van der Waals surface area (Å²) >= 11 is 5.92. The van der Waals surface area contributed by atoms with Crippen molar-refractivity contribution < 1.29 is 4.74 Å². The number of rotatable bonds is 7. The van der Waals surface area contributed by atoms with Crippen LogP contribution in [-0.2, 0) is 0 Å². The predicted molar refractivity (Wildman–Crippen MR) is 70.3 cm³/mol. The zero-order chi connectivity index (χ0) is 12.7. The monoisotopic (exact) mass is 257 g/mol. The van der Waals surface area contributed by atoms with Gasteiger partial charge in [-0.25, -0.2) is 4.98 Å². The van der Waals surface area contributed by atoms with Gasteiger partial charge in [-0.3, -0.25) is 0 Å². The van der Waals surface area contributed by atoms with Crippen molar-refractivity contribution in [1.29, 1.82) is 0 Å². The third-order valence-electron chi connectivity index (χ3n) is 2.73. The van der Waals surface area contributed by atoms with Gasteiger partial charge in [0.15, 0.2) is 0 Å². The molecule has 0 aliphatic heterocycles. The fourth-order valence-corrected chi connectivity index (χ4v) is 1.71. The van der Waals surface area contributed by atoms with Crippen LogP contribution in [0.2, 0.25) is 5.02 Å². The van der Waals surface area contributed by atoms with Crippen LogP contribution >= 0.6 is 11.6 Å². The van der Waals surface area contributed by atoms with Gasteiger partial charge in [-0.2, -0.15) is 4.98 Å². The maximum absolute atomic E-state index is 5.92. The summed E-state index contributed by atoms with van der Waals surface area (Å²) in [6.07, 6.45) is 6.16. The van der Waals surface area contributed by atoms with Gasteiger partial charge in [-0.1, -0.05) is 44.7 Å². The summed E-state index contributed by atoms with van der Waals surface area (Å²) < 4.78 is 5.60. The SMILES string of the molecule is CCCCC(CC)COc1nc(N)ncc1Cl. The largest absolute Gasteiger partial charge is 0.476 e. The van der Waals surface area contributed by atoms with Gasteiger partial charge in [0.05, 0.1) is 12.8 Å². The summed E-state index contributed by atoms with van der Waals surface area (Å²) in [6.45, 7) is 4.99. The van der Waals surface area contributed by atoms with Gasteiger partial charge in [-0.05, 0) is 12.3 Å². The lowest BCUT2D eigenvalue weighted by Gasteiger charge is -2.15. The molecule has 0 aliphatic carbocycles. The maximum atomic E-state index is 5.92. The molecular weight excluding hydrogens is 238 g/mol. The molecule has 17 heavy (non-hydrogen) atoms. The van der Waals surface area contributed by atoms with Crippen LogP contribution in [0.1, 0.15) is 39.5 Å². The van der Waals surface area contributed by atoms with Gasteiger partial charge in [-0.15, -0.1) is 0 Å². The molecule has 0 saturated carbocycles. The van der Waals surface area contributed by atoms with Gasteiger partial charge in [0.1, 0.15) is 5.02 Å².